The number of rotatable bonds is 4. The van der Waals surface area contributed by atoms with E-state index < -0.39 is 0 Å². The minimum absolute atomic E-state index is 0.0252. The van der Waals surface area contributed by atoms with Crippen molar-refractivity contribution in [3.63, 3.8) is 0 Å². The molecule has 0 fully saturated rings. The molecule has 3 aromatic rings. The highest BCUT2D eigenvalue weighted by Gasteiger charge is 2.26. The van der Waals surface area contributed by atoms with Crippen molar-refractivity contribution in [2.45, 2.75) is 26.9 Å². The van der Waals surface area contributed by atoms with E-state index in [-0.39, 0.29) is 17.6 Å². The Balaban J connectivity index is 1.58. The predicted molar refractivity (Wildman–Crippen MR) is 108 cm³/mol. The summed E-state index contributed by atoms with van der Waals surface area (Å²) in [5, 5.41) is 14.6. The first-order valence-corrected chi connectivity index (χ1v) is 9.68. The van der Waals surface area contributed by atoms with Crippen LogP contribution in [0.15, 0.2) is 49.1 Å². The van der Waals surface area contributed by atoms with E-state index in [4.69, 9.17) is 4.74 Å². The normalized spacial score (nSPS) is 14.6. The van der Waals surface area contributed by atoms with Crippen LogP contribution in [0.1, 0.15) is 18.1 Å². The molecular formula is C22H24N4O3. The second-order valence-corrected chi connectivity index (χ2v) is 7.48. The number of benzene rings is 2. The van der Waals surface area contributed by atoms with Crippen LogP contribution in [0.2, 0.25) is 0 Å². The summed E-state index contributed by atoms with van der Waals surface area (Å²) >= 11 is 0. The molecular weight excluding hydrogens is 368 g/mol. The number of aromatic hydroxyl groups is 1. The zero-order valence-corrected chi connectivity index (χ0v) is 16.6. The molecule has 150 valence electrons. The fraction of sp³-hybridized carbons (Fsp3) is 0.318. The summed E-state index contributed by atoms with van der Waals surface area (Å²) in [6.45, 7) is 5.59. The fourth-order valence-electron chi connectivity index (χ4n) is 3.60. The summed E-state index contributed by atoms with van der Waals surface area (Å²) in [5.41, 5.74) is 3.89. The zero-order chi connectivity index (χ0) is 20.4. The molecule has 2 aromatic carbocycles. The summed E-state index contributed by atoms with van der Waals surface area (Å²) in [7, 11) is 0. The van der Waals surface area contributed by atoms with Crippen molar-refractivity contribution in [3.05, 3.63) is 60.2 Å². The molecule has 0 aliphatic carbocycles. The van der Waals surface area contributed by atoms with Crippen LogP contribution in [0.4, 0.5) is 0 Å². The maximum Gasteiger partial charge on any atom is 0.227 e. The van der Waals surface area contributed by atoms with Crippen LogP contribution in [0, 0.1) is 12.8 Å². The van der Waals surface area contributed by atoms with Gasteiger partial charge in [-0.15, -0.1) is 0 Å². The molecule has 0 bridgehead atoms. The minimum Gasteiger partial charge on any atom is -0.504 e. The van der Waals surface area contributed by atoms with Gasteiger partial charge in [0, 0.05) is 12.1 Å². The van der Waals surface area contributed by atoms with Gasteiger partial charge in [0.25, 0.3) is 0 Å². The number of phenols is 1. The third-order valence-corrected chi connectivity index (χ3v) is 5.16. The Morgan fingerprint density at radius 3 is 2.76 bits per heavy atom. The molecule has 1 aliphatic rings. The van der Waals surface area contributed by atoms with Crippen molar-refractivity contribution in [3.8, 4) is 22.6 Å². The average Bonchev–Trinajstić information content (AvgIpc) is 3.11. The average molecular weight is 392 g/mol. The smallest absolute Gasteiger partial charge is 0.227 e. The van der Waals surface area contributed by atoms with Gasteiger partial charge >= 0.3 is 0 Å². The van der Waals surface area contributed by atoms with E-state index in [0.29, 0.717) is 32.0 Å². The number of amides is 1. The molecule has 1 aliphatic heterocycles. The molecule has 2 heterocycles. The highest BCUT2D eigenvalue weighted by molar-refractivity contribution is 5.79. The largest absolute Gasteiger partial charge is 0.504 e. The quantitative estimate of drug-likeness (QED) is 0.738. The van der Waals surface area contributed by atoms with Crippen LogP contribution >= 0.6 is 0 Å². The molecule has 1 aromatic heterocycles. The summed E-state index contributed by atoms with van der Waals surface area (Å²) < 4.78 is 7.44. The van der Waals surface area contributed by atoms with Gasteiger partial charge in [-0.1, -0.05) is 36.8 Å². The summed E-state index contributed by atoms with van der Waals surface area (Å²) in [4.78, 5) is 18.7. The molecule has 1 atom stereocenters. The van der Waals surface area contributed by atoms with Gasteiger partial charge in [-0.2, -0.15) is 5.10 Å². The lowest BCUT2D eigenvalue weighted by molar-refractivity contribution is -0.136. The van der Waals surface area contributed by atoms with Crippen molar-refractivity contribution in [2.24, 2.45) is 5.92 Å². The first-order chi connectivity index (χ1) is 14.0. The molecule has 1 amide bonds. The number of aryl methyl sites for hydroxylation is 1. The number of phenolic OH excluding ortho intramolecular Hbond substituents is 1. The Bertz CT molecular complexity index is 1000. The van der Waals surface area contributed by atoms with E-state index in [9.17, 15) is 9.90 Å². The van der Waals surface area contributed by atoms with Crippen molar-refractivity contribution >= 4 is 5.91 Å². The van der Waals surface area contributed by atoms with Crippen LogP contribution in [-0.4, -0.2) is 43.8 Å². The van der Waals surface area contributed by atoms with Gasteiger partial charge < -0.3 is 14.7 Å². The highest BCUT2D eigenvalue weighted by Crippen LogP contribution is 2.37. The first kappa shape index (κ1) is 19.0. The van der Waals surface area contributed by atoms with Gasteiger partial charge in [-0.25, -0.2) is 4.98 Å². The zero-order valence-electron chi connectivity index (χ0n) is 16.6. The van der Waals surface area contributed by atoms with E-state index in [1.807, 2.05) is 44.2 Å². The summed E-state index contributed by atoms with van der Waals surface area (Å²) in [6.07, 6.45) is 3.07. The monoisotopic (exact) mass is 392 g/mol. The third kappa shape index (κ3) is 4.08. The first-order valence-electron chi connectivity index (χ1n) is 9.68. The van der Waals surface area contributed by atoms with Gasteiger partial charge in [-0.3, -0.25) is 9.48 Å². The molecule has 0 saturated heterocycles. The lowest BCUT2D eigenvalue weighted by Crippen LogP contribution is -2.37. The fourth-order valence-corrected chi connectivity index (χ4v) is 3.60. The summed E-state index contributed by atoms with van der Waals surface area (Å²) in [6, 6.07) is 11.8. The van der Waals surface area contributed by atoms with Crippen molar-refractivity contribution in [1.82, 2.24) is 19.7 Å². The van der Waals surface area contributed by atoms with E-state index >= 15 is 0 Å². The van der Waals surface area contributed by atoms with Crippen molar-refractivity contribution in [2.75, 3.05) is 13.2 Å². The topological polar surface area (TPSA) is 80.5 Å². The number of aromatic nitrogens is 3. The number of carbonyl (C=O) groups excluding carboxylic acids is 1. The summed E-state index contributed by atoms with van der Waals surface area (Å²) in [5.74, 6) is 0.340. The molecule has 29 heavy (non-hydrogen) atoms. The van der Waals surface area contributed by atoms with Crippen LogP contribution in [0.5, 0.6) is 11.5 Å². The van der Waals surface area contributed by atoms with Gasteiger partial charge in [0.1, 0.15) is 19.3 Å². The van der Waals surface area contributed by atoms with E-state index in [0.717, 1.165) is 16.7 Å². The van der Waals surface area contributed by atoms with Crippen LogP contribution < -0.4 is 4.74 Å². The lowest BCUT2D eigenvalue weighted by atomic mass is 10.00. The lowest BCUT2D eigenvalue weighted by Gasteiger charge is -2.23. The number of hydrogen-bond donors (Lipinski definition) is 1. The van der Waals surface area contributed by atoms with Gasteiger partial charge in [0.15, 0.2) is 11.5 Å². The Hall–Kier alpha value is -3.35. The second-order valence-electron chi connectivity index (χ2n) is 7.48. The van der Waals surface area contributed by atoms with Crippen molar-refractivity contribution < 1.29 is 14.6 Å². The molecule has 0 spiro atoms. The van der Waals surface area contributed by atoms with E-state index in [2.05, 4.69) is 10.1 Å². The molecule has 0 radical (unpaired) electrons. The molecule has 7 nitrogen and oxygen atoms in total. The Morgan fingerprint density at radius 2 is 2.03 bits per heavy atom. The maximum atomic E-state index is 13.0. The van der Waals surface area contributed by atoms with Gasteiger partial charge in [0.2, 0.25) is 5.91 Å². The number of ether oxygens (including phenoxy) is 1. The highest BCUT2D eigenvalue weighted by atomic mass is 16.5. The molecule has 4 rings (SSSR count). The Labute approximate surface area is 169 Å². The molecule has 1 N–H and O–H groups in total. The molecule has 7 heteroatoms. The molecule has 0 unspecified atom stereocenters. The van der Waals surface area contributed by atoms with E-state index in [1.54, 1.807) is 22.0 Å². The molecule has 0 saturated carbocycles. The number of fused-ring (bicyclic) bond motifs is 1. The predicted octanol–water partition coefficient (Wildman–Crippen LogP) is 3.02. The van der Waals surface area contributed by atoms with Crippen LogP contribution in [0.25, 0.3) is 11.1 Å². The standard InChI is InChI=1S/C22H24N4O3/c1-15-3-5-17(6-4-15)18-9-19-12-25(7-8-29-21(19)20(27)10-18)22(28)16(2)11-26-14-23-13-24-26/h3-6,9-10,13-14,16,27H,7-8,11-12H2,1-2H3/t16-/m1/s1. The number of carbonyl (C=O) groups is 1. The van der Waals surface area contributed by atoms with E-state index in [1.165, 1.54) is 11.9 Å². The van der Waals surface area contributed by atoms with Gasteiger partial charge in [-0.05, 0) is 30.2 Å². The second kappa shape index (κ2) is 7.95. The maximum absolute atomic E-state index is 13.0. The number of hydrogen-bond acceptors (Lipinski definition) is 5. The minimum atomic E-state index is -0.243. The van der Waals surface area contributed by atoms with Crippen LogP contribution in [0.3, 0.4) is 0 Å². The van der Waals surface area contributed by atoms with Gasteiger partial charge in [0.05, 0.1) is 19.0 Å². The van der Waals surface area contributed by atoms with Crippen molar-refractivity contribution in [1.29, 1.82) is 0 Å². The van der Waals surface area contributed by atoms with Crippen LogP contribution in [-0.2, 0) is 17.9 Å². The number of nitrogens with zero attached hydrogens (tertiary/aromatic N) is 4. The Morgan fingerprint density at radius 1 is 1.24 bits per heavy atom. The third-order valence-electron chi connectivity index (χ3n) is 5.16. The SMILES string of the molecule is Cc1ccc(-c2cc(O)c3c(c2)CN(C(=O)[C@H](C)Cn2cncn2)CCO3)cc1. The Kier molecular flexibility index (Phi) is 5.20.